The number of phenols is 1. The van der Waals surface area contributed by atoms with Crippen molar-refractivity contribution < 1.29 is 5.11 Å². The highest BCUT2D eigenvalue weighted by Crippen LogP contribution is 2.15. The Labute approximate surface area is 84.1 Å². The molecule has 0 spiro atoms. The van der Waals surface area contributed by atoms with Crippen molar-refractivity contribution >= 4 is 0 Å². The Kier molecular flexibility index (Phi) is 3.01. The van der Waals surface area contributed by atoms with Crippen molar-refractivity contribution in [3.8, 4) is 5.75 Å². The first-order chi connectivity index (χ1) is 6.86. The van der Waals surface area contributed by atoms with Gasteiger partial charge in [0.1, 0.15) is 5.75 Å². The van der Waals surface area contributed by atoms with E-state index in [1.165, 1.54) is 0 Å². The molecule has 3 nitrogen and oxygen atoms in total. The molecule has 1 fully saturated rings. The number of benzene rings is 1. The van der Waals surface area contributed by atoms with Gasteiger partial charge in [0.25, 0.3) is 0 Å². The summed E-state index contributed by atoms with van der Waals surface area (Å²) < 4.78 is 0. The van der Waals surface area contributed by atoms with Gasteiger partial charge in [0, 0.05) is 19.1 Å². The molecule has 0 unspecified atom stereocenters. The van der Waals surface area contributed by atoms with Gasteiger partial charge in [-0.05, 0) is 24.6 Å². The molecule has 0 aliphatic carbocycles. The Bertz CT molecular complexity index is 297. The van der Waals surface area contributed by atoms with E-state index in [-0.39, 0.29) is 0 Å². The second-order valence-corrected chi connectivity index (χ2v) is 3.69. The fourth-order valence-corrected chi connectivity index (χ4v) is 1.57. The zero-order valence-corrected chi connectivity index (χ0v) is 8.16. The summed E-state index contributed by atoms with van der Waals surface area (Å²) in [6.07, 6.45) is 0.892. The first-order valence-electron chi connectivity index (χ1n) is 5.07. The fourth-order valence-electron chi connectivity index (χ4n) is 1.57. The molecule has 76 valence electrons. The summed E-state index contributed by atoms with van der Waals surface area (Å²) >= 11 is 0. The van der Waals surface area contributed by atoms with Crippen LogP contribution < -0.4 is 10.6 Å². The van der Waals surface area contributed by atoms with Crippen LogP contribution in [0, 0.1) is 0 Å². The van der Waals surface area contributed by atoms with Gasteiger partial charge in [-0.25, -0.2) is 0 Å². The topological polar surface area (TPSA) is 44.3 Å². The van der Waals surface area contributed by atoms with E-state index in [1.54, 1.807) is 6.07 Å². The van der Waals surface area contributed by atoms with E-state index < -0.39 is 0 Å². The van der Waals surface area contributed by atoms with Gasteiger partial charge in [0.2, 0.25) is 0 Å². The Hall–Kier alpha value is -1.06. The van der Waals surface area contributed by atoms with Gasteiger partial charge in [0.15, 0.2) is 0 Å². The summed E-state index contributed by atoms with van der Waals surface area (Å²) in [4.78, 5) is 0. The van der Waals surface area contributed by atoms with E-state index in [0.29, 0.717) is 11.8 Å². The molecule has 1 aromatic rings. The molecule has 1 aliphatic heterocycles. The van der Waals surface area contributed by atoms with Crippen LogP contribution in [0.4, 0.5) is 0 Å². The molecule has 0 radical (unpaired) electrons. The van der Waals surface area contributed by atoms with Crippen LogP contribution in [0.5, 0.6) is 5.75 Å². The van der Waals surface area contributed by atoms with Crippen LogP contribution in [0.3, 0.4) is 0 Å². The number of para-hydroxylation sites is 1. The Morgan fingerprint density at radius 1 is 1.36 bits per heavy atom. The van der Waals surface area contributed by atoms with E-state index in [1.807, 2.05) is 18.2 Å². The average molecular weight is 192 g/mol. The smallest absolute Gasteiger partial charge is 0.118 e. The highest BCUT2D eigenvalue weighted by molar-refractivity contribution is 5.31. The number of hydrogen-bond donors (Lipinski definition) is 3. The first-order valence-corrected chi connectivity index (χ1v) is 5.07. The van der Waals surface area contributed by atoms with E-state index in [9.17, 15) is 5.11 Å². The van der Waals surface area contributed by atoms with E-state index in [2.05, 4.69) is 10.6 Å². The SMILES string of the molecule is Oc1ccccc1CCNC1CNC1. The number of aromatic hydroxyl groups is 1. The maximum absolute atomic E-state index is 9.51. The molecule has 0 saturated carbocycles. The molecule has 1 aromatic carbocycles. The third kappa shape index (κ3) is 2.25. The molecule has 1 saturated heterocycles. The Morgan fingerprint density at radius 3 is 2.79 bits per heavy atom. The van der Waals surface area contributed by atoms with Crippen LogP contribution in [0.25, 0.3) is 0 Å². The minimum Gasteiger partial charge on any atom is -0.508 e. The maximum atomic E-state index is 9.51. The van der Waals surface area contributed by atoms with Crippen molar-refractivity contribution in [2.24, 2.45) is 0 Å². The summed E-state index contributed by atoms with van der Waals surface area (Å²) in [5, 5.41) is 16.1. The van der Waals surface area contributed by atoms with Gasteiger partial charge in [-0.2, -0.15) is 0 Å². The number of rotatable bonds is 4. The van der Waals surface area contributed by atoms with Crippen molar-refractivity contribution in [3.05, 3.63) is 29.8 Å². The van der Waals surface area contributed by atoms with Crippen molar-refractivity contribution in [3.63, 3.8) is 0 Å². The zero-order chi connectivity index (χ0) is 9.80. The minimum absolute atomic E-state index is 0.404. The zero-order valence-electron chi connectivity index (χ0n) is 8.16. The van der Waals surface area contributed by atoms with E-state index in [0.717, 1.165) is 31.6 Å². The monoisotopic (exact) mass is 192 g/mol. The van der Waals surface area contributed by atoms with Crippen LogP contribution in [0.2, 0.25) is 0 Å². The molecule has 14 heavy (non-hydrogen) atoms. The molecular weight excluding hydrogens is 176 g/mol. The number of phenolic OH excluding ortho intramolecular Hbond substituents is 1. The molecule has 3 N–H and O–H groups in total. The largest absolute Gasteiger partial charge is 0.508 e. The van der Waals surface area contributed by atoms with Crippen molar-refractivity contribution in [1.82, 2.24) is 10.6 Å². The van der Waals surface area contributed by atoms with Gasteiger partial charge < -0.3 is 15.7 Å². The molecule has 0 aromatic heterocycles. The molecule has 0 atom stereocenters. The van der Waals surface area contributed by atoms with E-state index >= 15 is 0 Å². The summed E-state index contributed by atoms with van der Waals surface area (Å²) in [6, 6.07) is 8.14. The summed E-state index contributed by atoms with van der Waals surface area (Å²) in [5.41, 5.74) is 1.02. The minimum atomic E-state index is 0.404. The predicted octanol–water partition coefficient (Wildman–Crippen LogP) is 0.496. The van der Waals surface area contributed by atoms with Crippen molar-refractivity contribution in [1.29, 1.82) is 0 Å². The molecule has 3 heteroatoms. The normalized spacial score (nSPS) is 16.6. The lowest BCUT2D eigenvalue weighted by Crippen LogP contribution is -2.55. The second-order valence-electron chi connectivity index (χ2n) is 3.69. The van der Waals surface area contributed by atoms with Crippen LogP contribution in [-0.2, 0) is 6.42 Å². The first kappa shape index (κ1) is 9.49. The lowest BCUT2D eigenvalue weighted by atomic mass is 10.1. The molecule has 2 rings (SSSR count). The van der Waals surface area contributed by atoms with Gasteiger partial charge in [-0.1, -0.05) is 18.2 Å². The molecule has 0 amide bonds. The third-order valence-corrected chi connectivity index (χ3v) is 2.60. The van der Waals surface area contributed by atoms with Crippen LogP contribution in [-0.4, -0.2) is 30.8 Å². The average Bonchev–Trinajstić information content (AvgIpc) is 2.12. The maximum Gasteiger partial charge on any atom is 0.118 e. The van der Waals surface area contributed by atoms with Gasteiger partial charge in [-0.15, -0.1) is 0 Å². The van der Waals surface area contributed by atoms with Crippen LogP contribution in [0.1, 0.15) is 5.56 Å². The van der Waals surface area contributed by atoms with Crippen molar-refractivity contribution in [2.45, 2.75) is 12.5 Å². The molecule has 0 bridgehead atoms. The second kappa shape index (κ2) is 4.44. The van der Waals surface area contributed by atoms with Gasteiger partial charge in [-0.3, -0.25) is 0 Å². The van der Waals surface area contributed by atoms with Gasteiger partial charge >= 0.3 is 0 Å². The standard InChI is InChI=1S/C11H16N2O/c14-11-4-2-1-3-9(11)5-6-13-10-7-12-8-10/h1-4,10,12-14H,5-8H2. The van der Waals surface area contributed by atoms with Crippen molar-refractivity contribution in [2.75, 3.05) is 19.6 Å². The lowest BCUT2D eigenvalue weighted by molar-refractivity contribution is 0.368. The molecule has 1 heterocycles. The Balaban J connectivity index is 1.76. The number of nitrogens with one attached hydrogen (secondary N) is 2. The summed E-state index contributed by atoms with van der Waals surface area (Å²) in [5.74, 6) is 0.404. The molecule has 1 aliphatic rings. The highest BCUT2D eigenvalue weighted by atomic mass is 16.3. The van der Waals surface area contributed by atoms with Crippen LogP contribution >= 0.6 is 0 Å². The Morgan fingerprint density at radius 2 is 2.14 bits per heavy atom. The summed E-state index contributed by atoms with van der Waals surface area (Å²) in [6.45, 7) is 3.07. The fraction of sp³-hybridized carbons (Fsp3) is 0.455. The quantitative estimate of drug-likeness (QED) is 0.651. The summed E-state index contributed by atoms with van der Waals surface area (Å²) in [7, 11) is 0. The highest BCUT2D eigenvalue weighted by Gasteiger charge is 2.14. The van der Waals surface area contributed by atoms with E-state index in [4.69, 9.17) is 0 Å². The number of hydrogen-bond acceptors (Lipinski definition) is 3. The molecular formula is C11H16N2O. The third-order valence-electron chi connectivity index (χ3n) is 2.60. The predicted molar refractivity (Wildman–Crippen MR) is 56.5 cm³/mol. The van der Waals surface area contributed by atoms with Crippen LogP contribution in [0.15, 0.2) is 24.3 Å². The van der Waals surface area contributed by atoms with Gasteiger partial charge in [0.05, 0.1) is 0 Å². The lowest BCUT2D eigenvalue weighted by Gasteiger charge is -2.28.